The molecule has 1 N–H and O–H groups in total. The van der Waals surface area contributed by atoms with Gasteiger partial charge in [-0.1, -0.05) is 18.2 Å². The maximum Gasteiger partial charge on any atom is 0.264 e. The zero-order valence-corrected chi connectivity index (χ0v) is 16.6. The number of H-pyrrole nitrogens is 1. The fraction of sp³-hybridized carbons (Fsp3) is 0.529. The summed E-state index contributed by atoms with van der Waals surface area (Å²) in [7, 11) is -7.02. The van der Waals surface area contributed by atoms with Crippen LogP contribution in [0.25, 0.3) is 10.9 Å². The van der Waals surface area contributed by atoms with Crippen LogP contribution in [0.15, 0.2) is 24.3 Å². The molecule has 1 heterocycles. The van der Waals surface area contributed by atoms with Crippen LogP contribution >= 0.6 is 0 Å². The highest BCUT2D eigenvalue weighted by atomic mass is 32.2. The number of hydrogen-bond acceptors (Lipinski definition) is 5. The highest BCUT2D eigenvalue weighted by Gasteiger charge is 2.27. The molecule has 1 aliphatic carbocycles. The molecular weight excluding hydrogens is 376 g/mol. The Bertz CT molecular complexity index is 995. The Kier molecular flexibility index (Phi) is 5.43. The first kappa shape index (κ1) is 19.3. The number of para-hydroxylation sites is 1. The largest absolute Gasteiger partial charge is 0.358 e. The van der Waals surface area contributed by atoms with Gasteiger partial charge in [-0.25, -0.2) is 8.42 Å². The number of aromatic amines is 1. The molecule has 1 aromatic heterocycles. The van der Waals surface area contributed by atoms with Crippen LogP contribution in [0.1, 0.15) is 17.7 Å². The molecule has 2 aromatic rings. The number of hydrogen-bond donors (Lipinski definition) is 1. The third kappa shape index (κ3) is 4.64. The Morgan fingerprint density at radius 3 is 2.62 bits per heavy atom. The van der Waals surface area contributed by atoms with Crippen molar-refractivity contribution < 1.29 is 21.0 Å². The average Bonchev–Trinajstić information content (AvgIpc) is 2.90. The fourth-order valence-corrected chi connectivity index (χ4v) is 4.83. The van der Waals surface area contributed by atoms with Crippen LogP contribution in [0.5, 0.6) is 0 Å². The van der Waals surface area contributed by atoms with Gasteiger partial charge < -0.3 is 4.98 Å². The SMILES string of the molecule is CS(=O)(=O)OCCN(C[C@H]1CCc2[nH]c3ccccc3c2C1)S(C)(=O)=O. The predicted molar refractivity (Wildman–Crippen MR) is 101 cm³/mol. The van der Waals surface area contributed by atoms with Crippen molar-refractivity contribution >= 4 is 31.0 Å². The standard InChI is InChI=1S/C17H24N2O5S2/c1-25(20,21)19(9-10-24-26(2,22)23)12-13-7-8-17-15(11-13)14-5-3-4-6-16(14)18-17/h3-6,13,18H,7-12H2,1-2H3/t13-/m0/s1. The Morgan fingerprint density at radius 2 is 1.92 bits per heavy atom. The summed E-state index contributed by atoms with van der Waals surface area (Å²) in [6.45, 7) is 0.227. The third-order valence-electron chi connectivity index (χ3n) is 4.77. The number of sulfonamides is 1. The molecule has 3 rings (SSSR count). The number of nitrogens with zero attached hydrogens (tertiary/aromatic N) is 1. The van der Waals surface area contributed by atoms with E-state index in [1.807, 2.05) is 18.2 Å². The molecule has 144 valence electrons. The van der Waals surface area contributed by atoms with Crippen LogP contribution in [0.2, 0.25) is 0 Å². The molecule has 1 aromatic carbocycles. The zero-order chi connectivity index (χ0) is 18.9. The lowest BCUT2D eigenvalue weighted by atomic mass is 9.86. The molecule has 0 saturated carbocycles. The van der Waals surface area contributed by atoms with Crippen molar-refractivity contribution in [1.82, 2.24) is 9.29 Å². The van der Waals surface area contributed by atoms with Crippen LogP contribution in [-0.4, -0.2) is 58.3 Å². The molecule has 0 amide bonds. The lowest BCUT2D eigenvalue weighted by Gasteiger charge is -2.28. The zero-order valence-electron chi connectivity index (χ0n) is 14.9. The van der Waals surface area contributed by atoms with Gasteiger partial charge in [-0.05, 0) is 36.8 Å². The van der Waals surface area contributed by atoms with Gasteiger partial charge in [0, 0.05) is 29.7 Å². The second-order valence-electron chi connectivity index (χ2n) is 6.88. The van der Waals surface area contributed by atoms with E-state index < -0.39 is 20.1 Å². The van der Waals surface area contributed by atoms with Crippen molar-refractivity contribution in [2.24, 2.45) is 5.92 Å². The molecular formula is C17H24N2O5S2. The molecule has 1 aliphatic rings. The van der Waals surface area contributed by atoms with Gasteiger partial charge in [-0.15, -0.1) is 0 Å². The highest BCUT2D eigenvalue weighted by molar-refractivity contribution is 7.88. The third-order valence-corrected chi connectivity index (χ3v) is 6.63. The van der Waals surface area contributed by atoms with Gasteiger partial charge in [0.2, 0.25) is 10.0 Å². The molecule has 0 aliphatic heterocycles. The van der Waals surface area contributed by atoms with E-state index in [-0.39, 0.29) is 19.1 Å². The Balaban J connectivity index is 1.72. The molecule has 0 bridgehead atoms. The van der Waals surface area contributed by atoms with Gasteiger partial charge in [0.25, 0.3) is 10.1 Å². The van der Waals surface area contributed by atoms with Crippen molar-refractivity contribution in [2.45, 2.75) is 19.3 Å². The second-order valence-corrected chi connectivity index (χ2v) is 10.5. The second kappa shape index (κ2) is 7.30. The first-order chi connectivity index (χ1) is 12.1. The predicted octanol–water partition coefficient (Wildman–Crippen LogP) is 1.51. The fourth-order valence-electron chi connectivity index (χ4n) is 3.57. The van der Waals surface area contributed by atoms with Crippen molar-refractivity contribution in [3.8, 4) is 0 Å². The number of aromatic nitrogens is 1. The summed E-state index contributed by atoms with van der Waals surface area (Å²) in [6, 6.07) is 8.13. The summed E-state index contributed by atoms with van der Waals surface area (Å²) < 4.78 is 52.4. The maximum atomic E-state index is 12.1. The van der Waals surface area contributed by atoms with Gasteiger partial charge in [0.1, 0.15) is 0 Å². The summed E-state index contributed by atoms with van der Waals surface area (Å²) in [5.74, 6) is 0.190. The van der Waals surface area contributed by atoms with Gasteiger partial charge in [0.15, 0.2) is 0 Å². The Hall–Kier alpha value is -1.42. The maximum absolute atomic E-state index is 12.1. The minimum atomic E-state index is -3.58. The molecule has 0 saturated heterocycles. The Labute approximate surface area is 154 Å². The first-order valence-electron chi connectivity index (χ1n) is 8.51. The van der Waals surface area contributed by atoms with Gasteiger partial charge in [-0.3, -0.25) is 4.18 Å². The molecule has 9 heteroatoms. The van der Waals surface area contributed by atoms with Crippen LogP contribution < -0.4 is 0 Å². The molecule has 1 atom stereocenters. The smallest absolute Gasteiger partial charge is 0.264 e. The van der Waals surface area contributed by atoms with E-state index in [1.165, 1.54) is 20.9 Å². The molecule has 0 spiro atoms. The lowest BCUT2D eigenvalue weighted by molar-refractivity contribution is 0.254. The van der Waals surface area contributed by atoms with Crippen molar-refractivity contribution in [2.75, 3.05) is 32.2 Å². The van der Waals surface area contributed by atoms with Crippen LogP contribution in [0.4, 0.5) is 0 Å². The summed E-state index contributed by atoms with van der Waals surface area (Å²) in [5, 5.41) is 1.19. The van der Waals surface area contributed by atoms with Crippen molar-refractivity contribution in [1.29, 1.82) is 0 Å². The number of benzene rings is 1. The number of aryl methyl sites for hydroxylation is 1. The molecule has 26 heavy (non-hydrogen) atoms. The Morgan fingerprint density at radius 1 is 1.19 bits per heavy atom. The van der Waals surface area contributed by atoms with E-state index >= 15 is 0 Å². The minimum absolute atomic E-state index is 0.0309. The van der Waals surface area contributed by atoms with E-state index in [4.69, 9.17) is 4.18 Å². The van der Waals surface area contributed by atoms with Crippen molar-refractivity contribution in [3.63, 3.8) is 0 Å². The van der Waals surface area contributed by atoms with E-state index in [0.717, 1.165) is 37.3 Å². The van der Waals surface area contributed by atoms with Crippen molar-refractivity contribution in [3.05, 3.63) is 35.5 Å². The van der Waals surface area contributed by atoms with Gasteiger partial charge >= 0.3 is 0 Å². The van der Waals surface area contributed by atoms with Crippen LogP contribution in [-0.2, 0) is 37.2 Å². The van der Waals surface area contributed by atoms with E-state index in [0.29, 0.717) is 6.54 Å². The number of rotatable bonds is 7. The monoisotopic (exact) mass is 400 g/mol. The molecule has 0 unspecified atom stereocenters. The summed E-state index contributed by atoms with van der Waals surface area (Å²) in [4.78, 5) is 3.45. The van der Waals surface area contributed by atoms with Crippen LogP contribution in [0, 0.1) is 5.92 Å². The summed E-state index contributed by atoms with van der Waals surface area (Å²) in [5.41, 5.74) is 3.60. The van der Waals surface area contributed by atoms with E-state index in [1.54, 1.807) is 0 Å². The van der Waals surface area contributed by atoms with E-state index in [9.17, 15) is 16.8 Å². The van der Waals surface area contributed by atoms with Crippen LogP contribution in [0.3, 0.4) is 0 Å². The molecule has 0 radical (unpaired) electrons. The highest BCUT2D eigenvalue weighted by Crippen LogP contribution is 2.32. The average molecular weight is 401 g/mol. The molecule has 7 nitrogen and oxygen atoms in total. The quantitative estimate of drug-likeness (QED) is 0.711. The summed E-state index contributed by atoms with van der Waals surface area (Å²) in [6.07, 6.45) is 4.67. The van der Waals surface area contributed by atoms with E-state index in [2.05, 4.69) is 11.1 Å². The topological polar surface area (TPSA) is 96.5 Å². The molecule has 0 fully saturated rings. The van der Waals surface area contributed by atoms with Gasteiger partial charge in [0.05, 0.1) is 19.1 Å². The first-order valence-corrected chi connectivity index (χ1v) is 12.2. The normalized spacial score (nSPS) is 18.3. The number of nitrogens with one attached hydrogen (secondary N) is 1. The lowest BCUT2D eigenvalue weighted by Crippen LogP contribution is -2.38. The minimum Gasteiger partial charge on any atom is -0.358 e. The van der Waals surface area contributed by atoms with Gasteiger partial charge in [-0.2, -0.15) is 12.7 Å². The summed E-state index contributed by atoms with van der Waals surface area (Å²) >= 11 is 0. The number of fused-ring (bicyclic) bond motifs is 3.